The predicted molar refractivity (Wildman–Crippen MR) is 106 cm³/mol. The highest BCUT2D eigenvalue weighted by molar-refractivity contribution is 7.98. The molecular weight excluding hydrogens is 366 g/mol. The number of fused-ring (bicyclic) bond motifs is 1. The molecule has 0 amide bonds. The van der Waals surface area contributed by atoms with Crippen LogP contribution in [0.15, 0.2) is 62.4 Å². The highest BCUT2D eigenvalue weighted by atomic mass is 32.2. The van der Waals surface area contributed by atoms with Gasteiger partial charge in [-0.3, -0.25) is 9.36 Å². The molecule has 0 aliphatic carbocycles. The topological polar surface area (TPSA) is 60.9 Å². The maximum Gasteiger partial charge on any atom is 0.262 e. The Hall–Kier alpha value is -2.38. The van der Waals surface area contributed by atoms with E-state index < -0.39 is 0 Å². The van der Waals surface area contributed by atoms with Crippen LogP contribution in [0.2, 0.25) is 0 Å². The van der Waals surface area contributed by atoms with Gasteiger partial charge in [0.15, 0.2) is 15.9 Å². The van der Waals surface area contributed by atoms with E-state index in [2.05, 4.69) is 4.98 Å². The third-order valence-corrected chi connectivity index (χ3v) is 5.82. The van der Waals surface area contributed by atoms with Crippen LogP contribution in [-0.2, 0) is 5.75 Å². The highest BCUT2D eigenvalue weighted by Gasteiger charge is 2.15. The van der Waals surface area contributed by atoms with Crippen molar-refractivity contribution in [3.8, 4) is 10.8 Å². The molecule has 5 nitrogen and oxygen atoms in total. The van der Waals surface area contributed by atoms with Crippen LogP contribution in [0.3, 0.4) is 0 Å². The minimum Gasteiger partial charge on any atom is -0.462 e. The van der Waals surface area contributed by atoms with Gasteiger partial charge >= 0.3 is 0 Å². The molecule has 0 aliphatic heterocycles. The number of benzene rings is 1. The van der Waals surface area contributed by atoms with Crippen LogP contribution in [0.4, 0.5) is 0 Å². The van der Waals surface area contributed by atoms with Gasteiger partial charge in [0.05, 0.1) is 22.9 Å². The summed E-state index contributed by atoms with van der Waals surface area (Å²) >= 11 is 3.08. The zero-order valence-electron chi connectivity index (χ0n) is 14.4. The van der Waals surface area contributed by atoms with Crippen molar-refractivity contribution < 1.29 is 4.42 Å². The van der Waals surface area contributed by atoms with E-state index in [0.717, 1.165) is 27.1 Å². The number of thioether (sulfide) groups is 1. The number of para-hydroxylation sites is 1. The van der Waals surface area contributed by atoms with E-state index in [1.165, 1.54) is 11.8 Å². The smallest absolute Gasteiger partial charge is 0.262 e. The van der Waals surface area contributed by atoms with Gasteiger partial charge in [-0.1, -0.05) is 23.9 Å². The van der Waals surface area contributed by atoms with Gasteiger partial charge in [-0.05, 0) is 38.1 Å². The Morgan fingerprint density at radius 3 is 2.81 bits per heavy atom. The summed E-state index contributed by atoms with van der Waals surface area (Å²) < 4.78 is 7.15. The van der Waals surface area contributed by atoms with Gasteiger partial charge in [0.2, 0.25) is 0 Å². The molecule has 0 saturated heterocycles. The van der Waals surface area contributed by atoms with Gasteiger partial charge in [0.1, 0.15) is 0 Å². The van der Waals surface area contributed by atoms with Crippen LogP contribution in [0.5, 0.6) is 0 Å². The highest BCUT2D eigenvalue weighted by Crippen LogP contribution is 2.28. The number of nitrogens with zero attached hydrogens (tertiary/aromatic N) is 3. The maximum atomic E-state index is 12.8. The fraction of sp³-hybridized carbons (Fsp3) is 0.211. The fourth-order valence-corrected chi connectivity index (χ4v) is 4.62. The van der Waals surface area contributed by atoms with Crippen LogP contribution in [0.1, 0.15) is 25.6 Å². The first-order valence-electron chi connectivity index (χ1n) is 8.26. The molecule has 0 unspecified atom stereocenters. The molecule has 4 rings (SSSR count). The average molecular weight is 383 g/mol. The molecule has 0 fully saturated rings. The first-order valence-corrected chi connectivity index (χ1v) is 10.1. The number of thiazole rings is 1. The average Bonchev–Trinajstić information content (AvgIpc) is 3.31. The minimum absolute atomic E-state index is 0.00246. The normalized spacial score (nSPS) is 11.5. The second kappa shape index (κ2) is 7.09. The van der Waals surface area contributed by atoms with Crippen molar-refractivity contribution in [2.45, 2.75) is 30.8 Å². The second-order valence-corrected chi connectivity index (χ2v) is 7.89. The fourth-order valence-electron chi connectivity index (χ4n) is 2.71. The van der Waals surface area contributed by atoms with Gasteiger partial charge in [0, 0.05) is 17.2 Å². The Labute approximate surface area is 158 Å². The van der Waals surface area contributed by atoms with E-state index in [4.69, 9.17) is 9.40 Å². The summed E-state index contributed by atoms with van der Waals surface area (Å²) in [5.41, 5.74) is 1.68. The van der Waals surface area contributed by atoms with Crippen molar-refractivity contribution in [3.05, 3.63) is 64.1 Å². The van der Waals surface area contributed by atoms with Crippen LogP contribution in [-0.4, -0.2) is 14.5 Å². The zero-order chi connectivity index (χ0) is 18.1. The van der Waals surface area contributed by atoms with E-state index in [9.17, 15) is 4.79 Å². The van der Waals surface area contributed by atoms with Crippen molar-refractivity contribution in [1.29, 1.82) is 0 Å². The summed E-state index contributed by atoms with van der Waals surface area (Å²) in [5.74, 6) is 1.42. The summed E-state index contributed by atoms with van der Waals surface area (Å²) in [4.78, 5) is 22.2. The Balaban J connectivity index is 1.65. The molecule has 0 spiro atoms. The summed E-state index contributed by atoms with van der Waals surface area (Å²) in [6, 6.07) is 11.3. The minimum atomic E-state index is 0.00246. The Kier molecular flexibility index (Phi) is 4.65. The summed E-state index contributed by atoms with van der Waals surface area (Å²) in [6.45, 7) is 4.00. The van der Waals surface area contributed by atoms with Crippen molar-refractivity contribution in [1.82, 2.24) is 14.5 Å². The lowest BCUT2D eigenvalue weighted by molar-refractivity contribution is 0.519. The van der Waals surface area contributed by atoms with Crippen LogP contribution < -0.4 is 5.56 Å². The van der Waals surface area contributed by atoms with Crippen molar-refractivity contribution >= 4 is 34.0 Å². The van der Waals surface area contributed by atoms with Gasteiger partial charge in [-0.2, -0.15) is 0 Å². The Morgan fingerprint density at radius 1 is 1.19 bits per heavy atom. The summed E-state index contributed by atoms with van der Waals surface area (Å²) in [6.07, 6.45) is 1.64. The van der Waals surface area contributed by atoms with Gasteiger partial charge in [-0.15, -0.1) is 11.3 Å². The Bertz CT molecular complexity index is 1100. The molecule has 0 atom stereocenters. The molecule has 0 bridgehead atoms. The third-order valence-electron chi connectivity index (χ3n) is 3.92. The molecule has 26 heavy (non-hydrogen) atoms. The van der Waals surface area contributed by atoms with E-state index in [1.807, 2.05) is 55.6 Å². The molecule has 4 aromatic rings. The molecule has 1 aromatic carbocycles. The SMILES string of the molecule is CC(C)n1c(SCc2csc(-c3ccco3)n2)nc2ccccc2c1=O. The number of hydrogen-bond acceptors (Lipinski definition) is 6. The van der Waals surface area contributed by atoms with E-state index in [-0.39, 0.29) is 11.6 Å². The monoisotopic (exact) mass is 383 g/mol. The van der Waals surface area contributed by atoms with E-state index in [1.54, 1.807) is 22.2 Å². The number of aromatic nitrogens is 3. The lowest BCUT2D eigenvalue weighted by Gasteiger charge is -2.15. The molecular formula is C19H17N3O2S2. The summed E-state index contributed by atoms with van der Waals surface area (Å²) in [7, 11) is 0. The lowest BCUT2D eigenvalue weighted by atomic mass is 10.2. The largest absolute Gasteiger partial charge is 0.462 e. The van der Waals surface area contributed by atoms with Crippen molar-refractivity contribution in [2.75, 3.05) is 0 Å². The lowest BCUT2D eigenvalue weighted by Crippen LogP contribution is -2.25. The van der Waals surface area contributed by atoms with Crippen molar-refractivity contribution in [3.63, 3.8) is 0 Å². The van der Waals surface area contributed by atoms with Crippen molar-refractivity contribution in [2.24, 2.45) is 0 Å². The number of hydrogen-bond donors (Lipinski definition) is 0. The van der Waals surface area contributed by atoms with E-state index in [0.29, 0.717) is 11.1 Å². The van der Waals surface area contributed by atoms with Gasteiger partial charge in [0.25, 0.3) is 5.56 Å². The molecule has 3 aromatic heterocycles. The first-order chi connectivity index (χ1) is 12.6. The molecule has 7 heteroatoms. The standard InChI is InChI=1S/C19H17N3O2S2/c1-12(2)22-18(23)14-6-3-4-7-15(14)21-19(22)26-11-13-10-25-17(20-13)16-8-5-9-24-16/h3-10,12H,11H2,1-2H3. The second-order valence-electron chi connectivity index (χ2n) is 6.09. The number of rotatable bonds is 5. The number of furan rings is 1. The Morgan fingerprint density at radius 2 is 2.04 bits per heavy atom. The van der Waals surface area contributed by atoms with Gasteiger partial charge < -0.3 is 4.42 Å². The molecule has 0 N–H and O–H groups in total. The molecule has 0 aliphatic rings. The zero-order valence-corrected chi connectivity index (χ0v) is 16.0. The van der Waals surface area contributed by atoms with E-state index >= 15 is 0 Å². The van der Waals surface area contributed by atoms with Crippen LogP contribution in [0, 0.1) is 0 Å². The maximum absolute atomic E-state index is 12.8. The third kappa shape index (κ3) is 3.20. The molecule has 0 saturated carbocycles. The van der Waals surface area contributed by atoms with Crippen LogP contribution >= 0.6 is 23.1 Å². The van der Waals surface area contributed by atoms with Gasteiger partial charge in [-0.25, -0.2) is 9.97 Å². The molecule has 132 valence electrons. The summed E-state index contributed by atoms with van der Waals surface area (Å²) in [5, 5.41) is 4.25. The quantitative estimate of drug-likeness (QED) is 0.359. The first kappa shape index (κ1) is 17.1. The molecule has 3 heterocycles. The predicted octanol–water partition coefficient (Wildman–Crippen LogP) is 4.99. The van der Waals surface area contributed by atoms with Crippen LogP contribution in [0.25, 0.3) is 21.7 Å². The molecule has 0 radical (unpaired) electrons.